The van der Waals surface area contributed by atoms with E-state index in [0.29, 0.717) is 26.1 Å². The molecule has 1 aromatic heterocycles. The third kappa shape index (κ3) is 4.42. The van der Waals surface area contributed by atoms with Crippen LogP contribution in [0.15, 0.2) is 72.8 Å². The Hall–Kier alpha value is -3.02. The van der Waals surface area contributed by atoms with Gasteiger partial charge in [0.15, 0.2) is 5.60 Å². The molecule has 2 aromatic carbocycles. The number of aryl methyl sites for hydroxylation is 1. The van der Waals surface area contributed by atoms with Gasteiger partial charge < -0.3 is 10.5 Å². The molecular weight excluding hydrogens is 374 g/mol. The first-order valence-corrected chi connectivity index (χ1v) is 10.3. The topological polar surface area (TPSA) is 68.5 Å². The second-order valence-corrected chi connectivity index (χ2v) is 7.89. The van der Waals surface area contributed by atoms with E-state index in [4.69, 9.17) is 10.5 Å². The molecule has 1 aliphatic rings. The third-order valence-electron chi connectivity index (χ3n) is 5.62. The molecule has 1 amide bonds. The number of carbonyl (C=O) groups excluding carboxylic acids is 1. The van der Waals surface area contributed by atoms with E-state index in [2.05, 4.69) is 34.1 Å². The van der Waals surface area contributed by atoms with Crippen molar-refractivity contribution in [3.8, 4) is 11.1 Å². The molecule has 0 aliphatic carbocycles. The number of hydrogen-bond donors (Lipinski definition) is 1. The SMILES string of the molecule is Cc1cccc(CN2CCOC(Cc3ccccc3-c3ccccc3)(C(N)=O)C2)n1. The van der Waals surface area contributed by atoms with Gasteiger partial charge in [-0.1, -0.05) is 60.7 Å². The number of amides is 1. The molecule has 1 fully saturated rings. The summed E-state index contributed by atoms with van der Waals surface area (Å²) in [5.74, 6) is -0.424. The van der Waals surface area contributed by atoms with Crippen LogP contribution in [0.25, 0.3) is 11.1 Å². The van der Waals surface area contributed by atoms with Gasteiger partial charge in [0, 0.05) is 31.7 Å². The first kappa shape index (κ1) is 20.3. The second kappa shape index (κ2) is 8.78. The van der Waals surface area contributed by atoms with Gasteiger partial charge in [0.1, 0.15) is 0 Å². The van der Waals surface area contributed by atoms with Crippen molar-refractivity contribution < 1.29 is 9.53 Å². The minimum atomic E-state index is -1.06. The van der Waals surface area contributed by atoms with Gasteiger partial charge in [0.2, 0.25) is 0 Å². The van der Waals surface area contributed by atoms with E-state index in [1.165, 1.54) is 0 Å². The van der Waals surface area contributed by atoms with Gasteiger partial charge in [-0.3, -0.25) is 14.7 Å². The normalized spacial score (nSPS) is 19.5. The predicted molar refractivity (Wildman–Crippen MR) is 118 cm³/mol. The number of primary amides is 1. The summed E-state index contributed by atoms with van der Waals surface area (Å²) < 4.78 is 6.08. The Morgan fingerprint density at radius 1 is 1.07 bits per heavy atom. The van der Waals surface area contributed by atoms with E-state index in [0.717, 1.165) is 34.6 Å². The zero-order valence-electron chi connectivity index (χ0n) is 17.3. The van der Waals surface area contributed by atoms with Gasteiger partial charge in [-0.05, 0) is 35.7 Å². The van der Waals surface area contributed by atoms with Crippen LogP contribution in [-0.2, 0) is 22.5 Å². The molecule has 1 saturated heterocycles. The summed E-state index contributed by atoms with van der Waals surface area (Å²) in [5.41, 5.74) is 10.1. The predicted octanol–water partition coefficient (Wildman–Crippen LogP) is 3.36. The average Bonchev–Trinajstić information content (AvgIpc) is 2.75. The highest BCUT2D eigenvalue weighted by Gasteiger charge is 2.43. The highest BCUT2D eigenvalue weighted by Crippen LogP contribution is 2.30. The number of pyridine rings is 1. The molecule has 1 unspecified atom stereocenters. The van der Waals surface area contributed by atoms with Crippen LogP contribution in [0.5, 0.6) is 0 Å². The van der Waals surface area contributed by atoms with Gasteiger partial charge >= 0.3 is 0 Å². The maximum Gasteiger partial charge on any atom is 0.251 e. The quantitative estimate of drug-likeness (QED) is 0.688. The molecule has 4 rings (SSSR count). The minimum Gasteiger partial charge on any atom is -0.367 e. The van der Waals surface area contributed by atoms with Gasteiger partial charge in [0.25, 0.3) is 5.91 Å². The summed E-state index contributed by atoms with van der Waals surface area (Å²) >= 11 is 0. The first-order valence-electron chi connectivity index (χ1n) is 10.3. The van der Waals surface area contributed by atoms with E-state index in [-0.39, 0.29) is 0 Å². The third-order valence-corrected chi connectivity index (χ3v) is 5.62. The monoisotopic (exact) mass is 401 g/mol. The molecule has 30 heavy (non-hydrogen) atoms. The van der Waals surface area contributed by atoms with Crippen LogP contribution < -0.4 is 5.73 Å². The van der Waals surface area contributed by atoms with Crippen molar-refractivity contribution in [2.24, 2.45) is 5.73 Å². The molecule has 2 N–H and O–H groups in total. The van der Waals surface area contributed by atoms with Gasteiger partial charge in [-0.15, -0.1) is 0 Å². The fraction of sp³-hybridized carbons (Fsp3) is 0.280. The van der Waals surface area contributed by atoms with Crippen LogP contribution in [0.4, 0.5) is 0 Å². The van der Waals surface area contributed by atoms with Crippen molar-refractivity contribution >= 4 is 5.91 Å². The first-order chi connectivity index (χ1) is 14.6. The van der Waals surface area contributed by atoms with Crippen molar-refractivity contribution in [1.29, 1.82) is 0 Å². The molecule has 0 spiro atoms. The van der Waals surface area contributed by atoms with Crippen molar-refractivity contribution in [3.05, 3.63) is 89.7 Å². The van der Waals surface area contributed by atoms with Crippen LogP contribution in [0.1, 0.15) is 17.0 Å². The van der Waals surface area contributed by atoms with Crippen LogP contribution >= 0.6 is 0 Å². The number of nitrogens with zero attached hydrogens (tertiary/aromatic N) is 2. The van der Waals surface area contributed by atoms with Crippen molar-refractivity contribution in [3.63, 3.8) is 0 Å². The number of nitrogens with two attached hydrogens (primary N) is 1. The maximum absolute atomic E-state index is 12.6. The Morgan fingerprint density at radius 3 is 2.60 bits per heavy atom. The van der Waals surface area contributed by atoms with Crippen molar-refractivity contribution in [1.82, 2.24) is 9.88 Å². The number of hydrogen-bond acceptors (Lipinski definition) is 4. The molecule has 1 atom stereocenters. The smallest absolute Gasteiger partial charge is 0.251 e. The molecule has 2 heterocycles. The zero-order valence-corrected chi connectivity index (χ0v) is 17.3. The average molecular weight is 402 g/mol. The number of carbonyl (C=O) groups is 1. The van der Waals surface area contributed by atoms with Gasteiger partial charge in [-0.2, -0.15) is 0 Å². The number of aromatic nitrogens is 1. The Morgan fingerprint density at radius 2 is 1.83 bits per heavy atom. The van der Waals surface area contributed by atoms with Crippen LogP contribution in [0.2, 0.25) is 0 Å². The van der Waals surface area contributed by atoms with Crippen molar-refractivity contribution in [2.75, 3.05) is 19.7 Å². The molecule has 1 aliphatic heterocycles. The molecule has 0 bridgehead atoms. The fourth-order valence-corrected chi connectivity index (χ4v) is 4.13. The van der Waals surface area contributed by atoms with Crippen LogP contribution in [-0.4, -0.2) is 41.1 Å². The van der Waals surface area contributed by atoms with Crippen LogP contribution in [0.3, 0.4) is 0 Å². The molecule has 0 radical (unpaired) electrons. The zero-order chi connectivity index (χ0) is 21.0. The van der Waals surface area contributed by atoms with E-state index >= 15 is 0 Å². The second-order valence-electron chi connectivity index (χ2n) is 7.89. The highest BCUT2D eigenvalue weighted by molar-refractivity contribution is 5.85. The number of ether oxygens (including phenoxy) is 1. The van der Waals surface area contributed by atoms with E-state index in [1.807, 2.05) is 55.5 Å². The lowest BCUT2D eigenvalue weighted by Crippen LogP contribution is -2.59. The summed E-state index contributed by atoms with van der Waals surface area (Å²) in [6.07, 6.45) is 0.436. The number of benzene rings is 2. The Kier molecular flexibility index (Phi) is 5.93. The standard InChI is InChI=1S/C25H27N3O2/c1-19-8-7-12-22(27-19)17-28-14-15-30-25(18-28,24(26)29)16-21-11-5-6-13-23(21)20-9-3-2-4-10-20/h2-13H,14-18H2,1H3,(H2,26,29). The minimum absolute atomic E-state index is 0.424. The summed E-state index contributed by atoms with van der Waals surface area (Å²) in [4.78, 5) is 19.4. The Bertz CT molecular complexity index is 1020. The lowest BCUT2D eigenvalue weighted by atomic mass is 9.87. The van der Waals surface area contributed by atoms with E-state index in [1.54, 1.807) is 0 Å². The lowest BCUT2D eigenvalue weighted by Gasteiger charge is -2.41. The summed E-state index contributed by atoms with van der Waals surface area (Å²) in [6, 6.07) is 24.3. The molecular formula is C25H27N3O2. The molecule has 5 heteroatoms. The Labute approximate surface area is 177 Å². The van der Waals surface area contributed by atoms with E-state index in [9.17, 15) is 4.79 Å². The van der Waals surface area contributed by atoms with Crippen LogP contribution in [0, 0.1) is 6.92 Å². The molecule has 154 valence electrons. The largest absolute Gasteiger partial charge is 0.367 e. The number of morpholine rings is 1. The summed E-state index contributed by atoms with van der Waals surface area (Å²) in [6.45, 7) is 4.30. The lowest BCUT2D eigenvalue weighted by molar-refractivity contribution is -0.157. The fourth-order valence-electron chi connectivity index (χ4n) is 4.13. The number of rotatable bonds is 6. The Balaban J connectivity index is 1.60. The van der Waals surface area contributed by atoms with E-state index < -0.39 is 11.5 Å². The van der Waals surface area contributed by atoms with Crippen molar-refractivity contribution in [2.45, 2.75) is 25.5 Å². The summed E-state index contributed by atoms with van der Waals surface area (Å²) in [5, 5.41) is 0. The maximum atomic E-state index is 12.6. The molecule has 3 aromatic rings. The molecule has 5 nitrogen and oxygen atoms in total. The van der Waals surface area contributed by atoms with Gasteiger partial charge in [-0.25, -0.2) is 0 Å². The molecule has 0 saturated carbocycles. The summed E-state index contributed by atoms with van der Waals surface area (Å²) in [7, 11) is 0. The van der Waals surface area contributed by atoms with Gasteiger partial charge in [0.05, 0.1) is 12.3 Å². The highest BCUT2D eigenvalue weighted by atomic mass is 16.5.